The number of methoxy groups -OCH3 is 7. The quantitative estimate of drug-likeness (QED) is 0.0316. The van der Waals surface area contributed by atoms with E-state index in [9.17, 15) is 9.90 Å². The molecule has 1 amide bonds. The van der Waals surface area contributed by atoms with Crippen molar-refractivity contribution in [3.8, 4) is 91.0 Å². The number of amidine groups is 1. The number of nitrogens with one attached hydrogen (secondary N) is 3. The minimum atomic E-state index is -0.640. The third-order valence-electron chi connectivity index (χ3n) is 21.7. The van der Waals surface area contributed by atoms with Crippen molar-refractivity contribution in [3.05, 3.63) is 213 Å². The molecule has 2 saturated heterocycles. The lowest BCUT2D eigenvalue weighted by Crippen LogP contribution is -2.48. The van der Waals surface area contributed by atoms with E-state index in [-0.39, 0.29) is 91.2 Å². The molecule has 1 unspecified atom stereocenters. The Kier molecular flexibility index (Phi) is 28.8. The molecule has 20 rings (SSSR count). The van der Waals surface area contributed by atoms with Crippen molar-refractivity contribution in [1.82, 2.24) is 120 Å². The van der Waals surface area contributed by atoms with Crippen LogP contribution in [-0.4, -0.2) is 247 Å². The number of halogens is 4. The van der Waals surface area contributed by atoms with Crippen molar-refractivity contribution >= 4 is 122 Å². The summed E-state index contributed by atoms with van der Waals surface area (Å²) >= 11 is 0. The normalized spacial score (nSPS) is 13.1. The zero-order chi connectivity index (χ0) is 95.5. The number of ether oxygens (including phenoxy) is 9. The van der Waals surface area contributed by atoms with Gasteiger partial charge in [0.05, 0.1) is 190 Å². The van der Waals surface area contributed by atoms with Crippen LogP contribution in [0.15, 0.2) is 194 Å². The SMILES string of the molecule is COc1cc(O)cc(N(Cc2ncc[nH]2)c2ccc3ncc(-c4cnn(C)c4)nc3n2)c1F.COc1cc(OC)c(F)c(N(CC2=NCC=N2)c2ccc3ncc(-c4cnn(C)c4)nc3n2)c1.COc1cc(OC)c(F)c(N(CC2COC(=O)N2)c2ccc3ncc(-c4cnn(C)c4)nc3n2)c1.COc1cc(OC)c(F)c(N(CCNC2COC2)c2ccc3ncc(-c4cnn(C)c4)nc3n2)c1.S. The van der Waals surface area contributed by atoms with Gasteiger partial charge in [-0.2, -0.15) is 33.9 Å². The van der Waals surface area contributed by atoms with Gasteiger partial charge >= 0.3 is 6.09 Å². The Hall–Kier alpha value is -16.9. The van der Waals surface area contributed by atoms with Gasteiger partial charge in [0.2, 0.25) is 0 Å². The molecule has 41 nitrogen and oxygen atoms in total. The van der Waals surface area contributed by atoms with Gasteiger partial charge in [-0.1, -0.05) is 0 Å². The van der Waals surface area contributed by atoms with Crippen LogP contribution < -0.4 is 63.4 Å². The summed E-state index contributed by atoms with van der Waals surface area (Å²) in [6.07, 6.45) is 25.3. The van der Waals surface area contributed by atoms with Gasteiger partial charge in [0, 0.05) is 162 Å². The maximum atomic E-state index is 15.5. The van der Waals surface area contributed by atoms with Crippen LogP contribution in [0.4, 0.5) is 68.4 Å². The molecule has 4 N–H and O–H groups in total. The number of anilines is 8. The molecule has 3 aliphatic heterocycles. The second-order valence-electron chi connectivity index (χ2n) is 30.8. The molecule has 708 valence electrons. The van der Waals surface area contributed by atoms with E-state index < -0.39 is 35.4 Å². The van der Waals surface area contributed by atoms with Gasteiger partial charge in [-0.3, -0.25) is 43.7 Å². The Bertz CT molecular complexity index is 7340. The van der Waals surface area contributed by atoms with E-state index in [0.29, 0.717) is 159 Å². The van der Waals surface area contributed by atoms with E-state index in [1.54, 1.807) is 167 Å². The highest BCUT2D eigenvalue weighted by Crippen LogP contribution is 2.43. The maximum absolute atomic E-state index is 15.5. The number of alkyl carbamates (subject to hydrolysis) is 1. The van der Waals surface area contributed by atoms with Gasteiger partial charge in [-0.25, -0.2) is 72.2 Å². The molecular formula is C92H90F4N30O11S. The first kappa shape index (κ1) is 94.3. The van der Waals surface area contributed by atoms with Crippen LogP contribution in [-0.2, 0) is 44.2 Å². The first-order valence-corrected chi connectivity index (χ1v) is 42.3. The highest BCUT2D eigenvalue weighted by atomic mass is 32.1. The van der Waals surface area contributed by atoms with Gasteiger partial charge in [0.1, 0.15) is 86.6 Å². The fourth-order valence-corrected chi connectivity index (χ4v) is 14.7. The number of phenolic OH excluding ortho intramolecular Hbond substituents is 1. The molecule has 0 bridgehead atoms. The van der Waals surface area contributed by atoms with Crippen LogP contribution in [0.25, 0.3) is 89.7 Å². The number of fused-ring (bicyclic) bond motifs is 4. The number of aromatic hydroxyl groups is 1. The molecule has 2 fully saturated rings. The average Bonchev–Trinajstić information content (AvgIpc) is 1.33. The molecule has 138 heavy (non-hydrogen) atoms. The Balaban J connectivity index is 0.000000133. The van der Waals surface area contributed by atoms with Crippen LogP contribution in [0.3, 0.4) is 0 Å². The van der Waals surface area contributed by atoms with Crippen molar-refractivity contribution in [1.29, 1.82) is 0 Å². The summed E-state index contributed by atoms with van der Waals surface area (Å²) in [5.41, 5.74) is 10.5. The zero-order valence-corrected chi connectivity index (χ0v) is 77.0. The topological polar surface area (TPSA) is 437 Å². The molecule has 0 radical (unpaired) electrons. The number of nitrogens with zero attached hydrogens (tertiary/aromatic N) is 27. The summed E-state index contributed by atoms with van der Waals surface area (Å²) in [5, 5.41) is 33.0. The van der Waals surface area contributed by atoms with Crippen LogP contribution in [0.2, 0.25) is 0 Å². The van der Waals surface area contributed by atoms with E-state index >= 15 is 17.6 Å². The molecule has 0 spiro atoms. The van der Waals surface area contributed by atoms with Crippen LogP contribution in [0.1, 0.15) is 5.82 Å². The molecule has 17 aromatic rings. The number of cyclic esters (lactones) is 1. The minimum Gasteiger partial charge on any atom is -0.508 e. The van der Waals surface area contributed by atoms with Crippen LogP contribution in [0, 0.1) is 23.3 Å². The fraction of sp³-hybridized carbons (Fsp3) is 0.239. The van der Waals surface area contributed by atoms with Crippen molar-refractivity contribution in [3.63, 3.8) is 0 Å². The Morgan fingerprint density at radius 3 is 1.19 bits per heavy atom. The number of benzene rings is 4. The third kappa shape index (κ3) is 21.2. The van der Waals surface area contributed by atoms with Crippen LogP contribution >= 0.6 is 13.5 Å². The summed E-state index contributed by atoms with van der Waals surface area (Å²) < 4.78 is 115. The monoisotopic (exact) mass is 1900 g/mol. The first-order chi connectivity index (χ1) is 66.6. The van der Waals surface area contributed by atoms with Gasteiger partial charge in [-0.05, 0) is 48.5 Å². The standard InChI is InChI=1S/C24H26FN7O3.C23H21FN8O2.C23H22FN7O4.C22H19FN8O2.H2S/c1-31-12-15(10-28-31)19-11-27-18-4-5-22(30-24(18)29-19)32(7-6-26-16-13-35-14-16)20-8-17(33-2)9-21(34-3)23(20)25;1-31-12-14(10-28-31)17-11-27-16-4-5-21(30-23(16)29-17)32(13-20-25-6-7-26-20)18-8-15(33-2)9-19(34-3)22(18)24;1-30-10-13(8-26-30)17-9-25-16-4-5-20(29-22(16)28-17)31(11-14-12-35-23(32)27-14)18-6-15(33-2)7-19(34-3)21(18)24;1-30-11-13(9-27-30)16-10-26-15-3-4-20(29-22(15)28-16)31(12-19-24-5-6-25-19)17-7-14(32)8-18(33-2)21(17)23;/h4-5,8-12,16,26H,6-7,13-14H2,1-3H3;4-6,8-12H,7,13H2,1-3H3;4-10,14H,11-12H2,1-3H3,(H,27,32);3-11,32H,12H2,1-2H3,(H,24,25);1H2. The lowest BCUT2D eigenvalue weighted by molar-refractivity contribution is -0.00444. The van der Waals surface area contributed by atoms with Crippen molar-refractivity contribution in [2.45, 2.75) is 18.6 Å². The number of pyridine rings is 4. The van der Waals surface area contributed by atoms with Gasteiger partial charge in [-0.15, -0.1) is 0 Å². The first-order valence-electron chi connectivity index (χ1n) is 42.3. The van der Waals surface area contributed by atoms with Crippen molar-refractivity contribution < 1.29 is 70.1 Å². The van der Waals surface area contributed by atoms with Crippen molar-refractivity contribution in [2.24, 2.45) is 38.2 Å². The number of amides is 1. The molecule has 1 atom stereocenters. The Labute approximate surface area is 790 Å². The third-order valence-corrected chi connectivity index (χ3v) is 21.7. The Morgan fingerprint density at radius 2 is 0.841 bits per heavy atom. The smallest absolute Gasteiger partial charge is 0.407 e. The molecular weight excluding hydrogens is 1810 g/mol. The number of hydrogen-bond donors (Lipinski definition) is 4. The van der Waals surface area contributed by atoms with E-state index in [0.717, 1.165) is 22.3 Å². The Morgan fingerprint density at radius 1 is 0.457 bits per heavy atom. The molecule has 0 aliphatic carbocycles. The number of hydrogen-bond acceptors (Lipinski definition) is 35. The highest BCUT2D eigenvalue weighted by molar-refractivity contribution is 7.59. The average molecular weight is 1900 g/mol. The second kappa shape index (κ2) is 42.1. The molecule has 46 heteroatoms. The van der Waals surface area contributed by atoms with Gasteiger partial charge in [0.25, 0.3) is 0 Å². The lowest BCUT2D eigenvalue weighted by atomic mass is 10.2. The predicted molar refractivity (Wildman–Crippen MR) is 509 cm³/mol. The second-order valence-corrected chi connectivity index (χ2v) is 30.8. The number of aryl methyl sites for hydroxylation is 4. The zero-order valence-electron chi connectivity index (χ0n) is 76.0. The number of carbonyl (C=O) groups is 1. The van der Waals surface area contributed by atoms with E-state index in [2.05, 4.69) is 101 Å². The van der Waals surface area contributed by atoms with E-state index in [1.165, 1.54) is 80.1 Å². The summed E-state index contributed by atoms with van der Waals surface area (Å²) in [7, 11) is 17.4. The molecule has 13 aromatic heterocycles. The molecule has 4 aromatic carbocycles. The highest BCUT2D eigenvalue weighted by Gasteiger charge is 2.32. The van der Waals surface area contributed by atoms with E-state index in [1.807, 2.05) is 59.0 Å². The largest absolute Gasteiger partial charge is 0.508 e. The summed E-state index contributed by atoms with van der Waals surface area (Å²) in [6.45, 7) is 3.52. The van der Waals surface area contributed by atoms with Gasteiger partial charge < -0.3 is 83.0 Å². The number of aliphatic imine (C=N–C) groups is 2. The number of H-pyrrole nitrogens is 1. The molecule has 3 aliphatic rings. The fourth-order valence-electron chi connectivity index (χ4n) is 14.7. The number of carbonyl (C=O) groups excluding carboxylic acids is 1. The maximum Gasteiger partial charge on any atom is 0.407 e. The summed E-state index contributed by atoms with van der Waals surface area (Å²) in [6, 6.07) is 25.7. The molecule has 16 heterocycles. The number of phenols is 1. The van der Waals surface area contributed by atoms with Gasteiger partial charge in [0.15, 0.2) is 68.9 Å². The molecule has 0 saturated carbocycles. The number of rotatable bonds is 29. The van der Waals surface area contributed by atoms with Crippen LogP contribution in [0.5, 0.6) is 46.0 Å². The number of aromatic amines is 1. The predicted octanol–water partition coefficient (Wildman–Crippen LogP) is 12.2. The summed E-state index contributed by atoms with van der Waals surface area (Å²) in [4.78, 5) is 89.4. The minimum absolute atomic E-state index is 0. The van der Waals surface area contributed by atoms with E-state index in [4.69, 9.17) is 52.6 Å². The number of aromatic nitrogens is 22. The summed E-state index contributed by atoms with van der Waals surface area (Å²) in [5.74, 6) is 1.82. The lowest BCUT2D eigenvalue weighted by Gasteiger charge is -2.30. The van der Waals surface area contributed by atoms with Crippen molar-refractivity contribution in [2.75, 3.05) is 122 Å². The number of imidazole rings is 1.